The Balaban J connectivity index is 2.28. The maximum absolute atomic E-state index is 11.6. The predicted molar refractivity (Wildman–Crippen MR) is 62.2 cm³/mol. The van der Waals surface area contributed by atoms with Gasteiger partial charge in [-0.2, -0.15) is 0 Å². The van der Waals surface area contributed by atoms with Crippen LogP contribution in [0.1, 0.15) is 34.1 Å². The third kappa shape index (κ3) is 3.67. The van der Waals surface area contributed by atoms with E-state index in [2.05, 4.69) is 6.92 Å². The standard InChI is InChI=1S/C12H23NO3/c1-9(5-6-14)10-7-13(8-10)11(15)16-12(2,3)4/h9-10,14H,5-8H2,1-4H3. The Morgan fingerprint density at radius 2 is 2.06 bits per heavy atom. The topological polar surface area (TPSA) is 49.8 Å². The van der Waals surface area contributed by atoms with Crippen molar-refractivity contribution >= 4 is 6.09 Å². The lowest BCUT2D eigenvalue weighted by Crippen LogP contribution is -2.53. The molecule has 1 N–H and O–H groups in total. The summed E-state index contributed by atoms with van der Waals surface area (Å²) in [5, 5.41) is 8.83. The Morgan fingerprint density at radius 1 is 1.50 bits per heavy atom. The van der Waals surface area contributed by atoms with Gasteiger partial charge in [-0.15, -0.1) is 0 Å². The number of rotatable bonds is 3. The van der Waals surface area contributed by atoms with E-state index < -0.39 is 5.60 Å². The van der Waals surface area contributed by atoms with Crippen molar-refractivity contribution < 1.29 is 14.6 Å². The quantitative estimate of drug-likeness (QED) is 0.803. The third-order valence-corrected chi connectivity index (χ3v) is 2.95. The summed E-state index contributed by atoms with van der Waals surface area (Å²) >= 11 is 0. The molecule has 0 saturated carbocycles. The van der Waals surface area contributed by atoms with Gasteiger partial charge in [0, 0.05) is 19.7 Å². The molecule has 16 heavy (non-hydrogen) atoms. The fraction of sp³-hybridized carbons (Fsp3) is 0.917. The number of amides is 1. The molecule has 4 nitrogen and oxygen atoms in total. The minimum absolute atomic E-state index is 0.222. The van der Waals surface area contributed by atoms with Gasteiger partial charge in [-0.05, 0) is 39.0 Å². The van der Waals surface area contributed by atoms with E-state index in [1.165, 1.54) is 0 Å². The summed E-state index contributed by atoms with van der Waals surface area (Å²) in [7, 11) is 0. The zero-order valence-electron chi connectivity index (χ0n) is 10.7. The molecule has 1 atom stereocenters. The first-order valence-electron chi connectivity index (χ1n) is 5.92. The smallest absolute Gasteiger partial charge is 0.410 e. The average molecular weight is 229 g/mol. The molecule has 1 saturated heterocycles. The summed E-state index contributed by atoms with van der Waals surface area (Å²) in [6.45, 7) is 9.48. The summed E-state index contributed by atoms with van der Waals surface area (Å²) < 4.78 is 5.27. The van der Waals surface area contributed by atoms with E-state index in [1.807, 2.05) is 20.8 Å². The molecule has 0 bridgehead atoms. The molecule has 1 heterocycles. The lowest BCUT2D eigenvalue weighted by molar-refractivity contribution is -0.0111. The third-order valence-electron chi connectivity index (χ3n) is 2.95. The van der Waals surface area contributed by atoms with E-state index in [1.54, 1.807) is 4.90 Å². The van der Waals surface area contributed by atoms with Crippen LogP contribution in [0.15, 0.2) is 0 Å². The van der Waals surface area contributed by atoms with E-state index in [4.69, 9.17) is 9.84 Å². The minimum atomic E-state index is -0.418. The van der Waals surface area contributed by atoms with Crippen molar-refractivity contribution in [2.24, 2.45) is 11.8 Å². The first-order valence-corrected chi connectivity index (χ1v) is 5.92. The molecule has 0 aromatic carbocycles. The Morgan fingerprint density at radius 3 is 2.50 bits per heavy atom. The SMILES string of the molecule is CC(CCO)C1CN(C(=O)OC(C)(C)C)C1. The van der Waals surface area contributed by atoms with Crippen LogP contribution in [0.5, 0.6) is 0 Å². The van der Waals surface area contributed by atoms with Gasteiger partial charge < -0.3 is 14.7 Å². The number of likely N-dealkylation sites (tertiary alicyclic amines) is 1. The molecule has 1 fully saturated rings. The highest BCUT2D eigenvalue weighted by atomic mass is 16.6. The highest BCUT2D eigenvalue weighted by molar-refractivity contribution is 5.69. The molecule has 0 aromatic rings. The van der Waals surface area contributed by atoms with Gasteiger partial charge in [0.15, 0.2) is 0 Å². The number of carbonyl (C=O) groups excluding carboxylic acids is 1. The van der Waals surface area contributed by atoms with Crippen molar-refractivity contribution in [3.8, 4) is 0 Å². The molecule has 1 aliphatic heterocycles. The minimum Gasteiger partial charge on any atom is -0.444 e. The summed E-state index contributed by atoms with van der Waals surface area (Å²) in [6, 6.07) is 0. The molecule has 1 aliphatic rings. The molecule has 1 rings (SSSR count). The van der Waals surface area contributed by atoms with Crippen LogP contribution in [0.25, 0.3) is 0 Å². The number of aliphatic hydroxyl groups excluding tert-OH is 1. The Labute approximate surface area is 97.6 Å². The van der Waals surface area contributed by atoms with E-state index in [0.717, 1.165) is 19.5 Å². The highest BCUT2D eigenvalue weighted by Gasteiger charge is 2.36. The number of nitrogens with zero attached hydrogens (tertiary/aromatic N) is 1. The lowest BCUT2D eigenvalue weighted by atomic mass is 9.85. The first kappa shape index (κ1) is 13.3. The molecule has 0 spiro atoms. The second-order valence-corrected chi connectivity index (χ2v) is 5.63. The average Bonchev–Trinajstić information content (AvgIpc) is 1.97. The van der Waals surface area contributed by atoms with Gasteiger partial charge in [0.1, 0.15) is 5.60 Å². The van der Waals surface area contributed by atoms with Crippen molar-refractivity contribution in [1.29, 1.82) is 0 Å². The van der Waals surface area contributed by atoms with Crippen LogP contribution in [0.2, 0.25) is 0 Å². The van der Waals surface area contributed by atoms with E-state index >= 15 is 0 Å². The van der Waals surface area contributed by atoms with E-state index in [9.17, 15) is 4.79 Å². The van der Waals surface area contributed by atoms with Gasteiger partial charge in [-0.25, -0.2) is 4.79 Å². The van der Waals surface area contributed by atoms with Crippen LogP contribution in [-0.4, -0.2) is 41.4 Å². The Bertz CT molecular complexity index is 241. The zero-order chi connectivity index (χ0) is 12.3. The zero-order valence-corrected chi connectivity index (χ0v) is 10.7. The predicted octanol–water partition coefficient (Wildman–Crippen LogP) is 1.87. The fourth-order valence-corrected chi connectivity index (χ4v) is 1.79. The number of hydrogen-bond acceptors (Lipinski definition) is 3. The lowest BCUT2D eigenvalue weighted by Gasteiger charge is -2.42. The molecule has 0 aromatic heterocycles. The van der Waals surface area contributed by atoms with Crippen LogP contribution >= 0.6 is 0 Å². The summed E-state index contributed by atoms with van der Waals surface area (Å²) in [5.74, 6) is 0.989. The summed E-state index contributed by atoms with van der Waals surface area (Å²) in [5.41, 5.74) is -0.418. The second-order valence-electron chi connectivity index (χ2n) is 5.63. The number of hydrogen-bond donors (Lipinski definition) is 1. The Kier molecular flexibility index (Phi) is 4.19. The van der Waals surface area contributed by atoms with Crippen LogP contribution in [0.4, 0.5) is 4.79 Å². The normalized spacial score (nSPS) is 19.2. The van der Waals surface area contributed by atoms with Gasteiger partial charge in [-0.1, -0.05) is 6.92 Å². The van der Waals surface area contributed by atoms with E-state index in [0.29, 0.717) is 11.8 Å². The van der Waals surface area contributed by atoms with Gasteiger partial charge in [0.25, 0.3) is 0 Å². The van der Waals surface area contributed by atoms with Crippen molar-refractivity contribution in [2.75, 3.05) is 19.7 Å². The van der Waals surface area contributed by atoms with Gasteiger partial charge in [0.05, 0.1) is 0 Å². The van der Waals surface area contributed by atoms with E-state index in [-0.39, 0.29) is 12.7 Å². The van der Waals surface area contributed by atoms with Gasteiger partial charge >= 0.3 is 6.09 Å². The van der Waals surface area contributed by atoms with Crippen LogP contribution in [0, 0.1) is 11.8 Å². The largest absolute Gasteiger partial charge is 0.444 e. The van der Waals surface area contributed by atoms with Gasteiger partial charge in [-0.3, -0.25) is 0 Å². The van der Waals surface area contributed by atoms with Crippen molar-refractivity contribution in [1.82, 2.24) is 4.90 Å². The maximum atomic E-state index is 11.6. The molecule has 4 heteroatoms. The van der Waals surface area contributed by atoms with Crippen molar-refractivity contribution in [2.45, 2.75) is 39.7 Å². The molecule has 1 unspecified atom stereocenters. The number of aliphatic hydroxyl groups is 1. The first-order chi connectivity index (χ1) is 7.33. The molecular weight excluding hydrogens is 206 g/mol. The fourth-order valence-electron chi connectivity index (χ4n) is 1.79. The molecule has 1 amide bonds. The molecule has 94 valence electrons. The van der Waals surface area contributed by atoms with Crippen molar-refractivity contribution in [3.05, 3.63) is 0 Å². The van der Waals surface area contributed by atoms with Crippen LogP contribution < -0.4 is 0 Å². The monoisotopic (exact) mass is 229 g/mol. The summed E-state index contributed by atoms with van der Waals surface area (Å²) in [6.07, 6.45) is 0.590. The molecular formula is C12H23NO3. The number of carbonyl (C=O) groups is 1. The molecule has 0 aliphatic carbocycles. The summed E-state index contributed by atoms with van der Waals surface area (Å²) in [4.78, 5) is 13.3. The Hall–Kier alpha value is -0.770. The maximum Gasteiger partial charge on any atom is 0.410 e. The van der Waals surface area contributed by atoms with Gasteiger partial charge in [0.2, 0.25) is 0 Å². The molecule has 0 radical (unpaired) electrons. The van der Waals surface area contributed by atoms with Crippen molar-refractivity contribution in [3.63, 3.8) is 0 Å². The van der Waals surface area contributed by atoms with Crippen LogP contribution in [-0.2, 0) is 4.74 Å². The number of ether oxygens (including phenoxy) is 1. The second kappa shape index (κ2) is 5.04. The highest BCUT2D eigenvalue weighted by Crippen LogP contribution is 2.27. The van der Waals surface area contributed by atoms with Crippen LogP contribution in [0.3, 0.4) is 0 Å².